The number of thiophene rings is 1. The average Bonchev–Trinajstić information content (AvgIpc) is 3.62. The van der Waals surface area contributed by atoms with Crippen molar-refractivity contribution in [3.8, 4) is 0 Å². The Hall–Kier alpha value is -4.08. The molecule has 0 fully saturated rings. The maximum atomic E-state index is 14.1. The summed E-state index contributed by atoms with van der Waals surface area (Å²) in [7, 11) is 0. The van der Waals surface area contributed by atoms with Crippen LogP contribution in [0.2, 0.25) is 0 Å². The highest BCUT2D eigenvalue weighted by molar-refractivity contribution is 7.10. The Labute approximate surface area is 226 Å². The smallest absolute Gasteiger partial charge is 0.338 e. The number of thiazole rings is 1. The van der Waals surface area contributed by atoms with Crippen LogP contribution in [0.1, 0.15) is 35.9 Å². The van der Waals surface area contributed by atoms with E-state index in [-0.39, 0.29) is 18.1 Å². The number of amides is 1. The van der Waals surface area contributed by atoms with E-state index in [4.69, 9.17) is 4.74 Å². The van der Waals surface area contributed by atoms with Crippen LogP contribution in [0.5, 0.6) is 0 Å². The summed E-state index contributed by atoms with van der Waals surface area (Å²) in [4.78, 5) is 48.7. The van der Waals surface area contributed by atoms with E-state index in [0.717, 1.165) is 16.1 Å². The minimum Gasteiger partial charge on any atom is -0.463 e. The van der Waals surface area contributed by atoms with Gasteiger partial charge in [0, 0.05) is 10.4 Å². The van der Waals surface area contributed by atoms with Crippen LogP contribution >= 0.6 is 22.7 Å². The van der Waals surface area contributed by atoms with E-state index < -0.39 is 12.0 Å². The molecular weight excluding hydrogens is 518 g/mol. The molecule has 0 saturated carbocycles. The molecule has 190 valence electrons. The van der Waals surface area contributed by atoms with Crippen LogP contribution in [0.15, 0.2) is 93.2 Å². The van der Waals surface area contributed by atoms with Gasteiger partial charge in [-0.25, -0.2) is 9.79 Å². The van der Waals surface area contributed by atoms with Gasteiger partial charge in [0.05, 0.1) is 35.7 Å². The fraction of sp³-hybridized carbons (Fsp3) is 0.172. The number of benzene rings is 2. The first-order valence-corrected chi connectivity index (χ1v) is 13.9. The lowest BCUT2D eigenvalue weighted by molar-refractivity contribution is -0.139. The number of carbonyl (C=O) groups excluding carboxylic acids is 2. The van der Waals surface area contributed by atoms with Gasteiger partial charge in [-0.1, -0.05) is 65.9 Å². The molecule has 2 aliphatic rings. The maximum Gasteiger partial charge on any atom is 0.338 e. The standard InChI is InChI=1S/C29H23N3O4S2/c1-3-36-28(35)22-17(2)30-29-32(24(22)21-14-9-15-37-21)27(34)25(38-29)23-19-12-7-8-13-20(19)31(26(23)33)16-18-10-5-4-6-11-18/h4-15,24H,3,16H2,1-2H3. The number of hydrogen-bond acceptors (Lipinski definition) is 7. The Kier molecular flexibility index (Phi) is 6.17. The number of anilines is 1. The van der Waals surface area contributed by atoms with Crippen molar-refractivity contribution in [2.75, 3.05) is 11.5 Å². The van der Waals surface area contributed by atoms with Gasteiger partial charge < -0.3 is 9.64 Å². The maximum absolute atomic E-state index is 14.1. The highest BCUT2D eigenvalue weighted by Crippen LogP contribution is 2.37. The third-order valence-corrected chi connectivity index (χ3v) is 8.62. The molecule has 2 aromatic heterocycles. The van der Waals surface area contributed by atoms with Gasteiger partial charge in [0.15, 0.2) is 4.80 Å². The lowest BCUT2D eigenvalue weighted by Crippen LogP contribution is -2.40. The van der Waals surface area contributed by atoms with Crippen LogP contribution in [0.4, 0.5) is 5.69 Å². The minimum absolute atomic E-state index is 0.212. The molecule has 0 saturated heterocycles. The van der Waals surface area contributed by atoms with E-state index in [0.29, 0.717) is 38.3 Å². The Balaban J connectivity index is 1.57. The van der Waals surface area contributed by atoms with Crippen molar-refractivity contribution >= 4 is 45.8 Å². The molecule has 6 rings (SSSR count). The van der Waals surface area contributed by atoms with Gasteiger partial charge in [-0.2, -0.15) is 0 Å². The molecule has 0 aliphatic carbocycles. The molecule has 2 aromatic carbocycles. The number of carbonyl (C=O) groups is 2. The first kappa shape index (κ1) is 24.3. The number of rotatable bonds is 5. The molecule has 0 N–H and O–H groups in total. The van der Waals surface area contributed by atoms with Gasteiger partial charge in [-0.3, -0.25) is 14.2 Å². The molecule has 1 amide bonds. The molecule has 4 aromatic rings. The SMILES string of the molecule is CCOC(=O)C1=C(C)N=c2sc(=C3C(=O)N(Cc4ccccc4)c4ccccc43)c(=O)n2C1c1cccs1. The quantitative estimate of drug-likeness (QED) is 0.360. The molecule has 0 bridgehead atoms. The van der Waals surface area contributed by atoms with Crippen molar-refractivity contribution in [3.63, 3.8) is 0 Å². The third kappa shape index (κ3) is 3.86. The summed E-state index contributed by atoms with van der Waals surface area (Å²) < 4.78 is 7.20. The number of hydrogen-bond donors (Lipinski definition) is 0. The van der Waals surface area contributed by atoms with E-state index in [1.165, 1.54) is 27.2 Å². The highest BCUT2D eigenvalue weighted by atomic mass is 32.1. The van der Waals surface area contributed by atoms with Crippen molar-refractivity contribution in [2.45, 2.75) is 26.4 Å². The van der Waals surface area contributed by atoms with Gasteiger partial charge in [0.25, 0.3) is 11.5 Å². The van der Waals surface area contributed by atoms with Crippen LogP contribution in [0.25, 0.3) is 5.57 Å². The van der Waals surface area contributed by atoms with Crippen molar-refractivity contribution in [1.29, 1.82) is 0 Å². The van der Waals surface area contributed by atoms with Crippen LogP contribution < -0.4 is 19.8 Å². The summed E-state index contributed by atoms with van der Waals surface area (Å²) in [5.41, 5.74) is 3.33. The van der Waals surface area contributed by atoms with Crippen molar-refractivity contribution in [2.24, 2.45) is 4.99 Å². The Bertz CT molecular complexity index is 1780. The molecule has 4 heterocycles. The molecule has 38 heavy (non-hydrogen) atoms. The van der Waals surface area contributed by atoms with Crippen molar-refractivity contribution in [1.82, 2.24) is 4.57 Å². The average molecular weight is 542 g/mol. The van der Waals surface area contributed by atoms with Gasteiger partial charge in [-0.15, -0.1) is 11.3 Å². The Morgan fingerprint density at radius 2 is 1.79 bits per heavy atom. The number of ether oxygens (including phenoxy) is 1. The lowest BCUT2D eigenvalue weighted by atomic mass is 10.0. The fourth-order valence-electron chi connectivity index (χ4n) is 4.98. The largest absolute Gasteiger partial charge is 0.463 e. The van der Waals surface area contributed by atoms with Crippen LogP contribution in [0.3, 0.4) is 0 Å². The van der Waals surface area contributed by atoms with E-state index in [2.05, 4.69) is 4.99 Å². The van der Waals surface area contributed by atoms with Crippen LogP contribution in [-0.2, 0) is 20.9 Å². The number of para-hydroxylation sites is 1. The number of esters is 1. The molecule has 0 radical (unpaired) electrons. The zero-order chi connectivity index (χ0) is 26.4. The highest BCUT2D eigenvalue weighted by Gasteiger charge is 2.37. The molecule has 2 aliphatic heterocycles. The zero-order valence-corrected chi connectivity index (χ0v) is 22.3. The number of fused-ring (bicyclic) bond motifs is 2. The second-order valence-electron chi connectivity index (χ2n) is 8.91. The predicted octanol–water partition coefficient (Wildman–Crippen LogP) is 3.78. The van der Waals surface area contributed by atoms with Crippen LogP contribution in [-0.4, -0.2) is 23.1 Å². The number of aromatic nitrogens is 1. The molecule has 1 unspecified atom stereocenters. The Morgan fingerprint density at radius 1 is 1.03 bits per heavy atom. The first-order chi connectivity index (χ1) is 18.5. The summed E-state index contributed by atoms with van der Waals surface area (Å²) in [5.74, 6) is -0.726. The Morgan fingerprint density at radius 3 is 2.53 bits per heavy atom. The zero-order valence-electron chi connectivity index (χ0n) is 20.7. The second-order valence-corrected chi connectivity index (χ2v) is 10.9. The second kappa shape index (κ2) is 9.66. The van der Waals surface area contributed by atoms with Gasteiger partial charge in [0.1, 0.15) is 10.6 Å². The van der Waals surface area contributed by atoms with Crippen molar-refractivity contribution in [3.05, 3.63) is 119 Å². The van der Waals surface area contributed by atoms with Crippen molar-refractivity contribution < 1.29 is 14.3 Å². The van der Waals surface area contributed by atoms with E-state index >= 15 is 0 Å². The number of nitrogens with zero attached hydrogens (tertiary/aromatic N) is 3. The summed E-state index contributed by atoms with van der Waals surface area (Å²) >= 11 is 2.64. The van der Waals surface area contributed by atoms with E-state index in [9.17, 15) is 14.4 Å². The summed E-state index contributed by atoms with van der Waals surface area (Å²) in [6.07, 6.45) is 0. The summed E-state index contributed by atoms with van der Waals surface area (Å²) in [6.45, 7) is 4.10. The van der Waals surface area contributed by atoms with E-state index in [1.54, 1.807) is 18.7 Å². The molecular formula is C29H23N3O4S2. The first-order valence-electron chi connectivity index (χ1n) is 12.2. The fourth-order valence-corrected chi connectivity index (χ4v) is 6.94. The van der Waals surface area contributed by atoms with E-state index in [1.807, 2.05) is 72.1 Å². The lowest BCUT2D eigenvalue weighted by Gasteiger charge is -2.23. The monoisotopic (exact) mass is 541 g/mol. The van der Waals surface area contributed by atoms with Gasteiger partial charge in [0.2, 0.25) is 0 Å². The van der Waals surface area contributed by atoms with Crippen LogP contribution in [0, 0.1) is 0 Å². The predicted molar refractivity (Wildman–Crippen MR) is 148 cm³/mol. The normalized spacial score (nSPS) is 17.8. The number of allylic oxidation sites excluding steroid dienone is 1. The van der Waals surface area contributed by atoms with Gasteiger partial charge >= 0.3 is 5.97 Å². The minimum atomic E-state index is -0.674. The topological polar surface area (TPSA) is 81.0 Å². The molecule has 9 heteroatoms. The molecule has 7 nitrogen and oxygen atoms in total. The summed E-state index contributed by atoms with van der Waals surface area (Å²) in [5, 5.41) is 1.91. The summed E-state index contributed by atoms with van der Waals surface area (Å²) in [6, 6.07) is 20.4. The van der Waals surface area contributed by atoms with Gasteiger partial charge in [-0.05, 0) is 36.9 Å². The molecule has 1 atom stereocenters. The third-order valence-electron chi connectivity index (χ3n) is 6.64. The molecule has 0 spiro atoms.